The second-order valence-electron chi connectivity index (χ2n) is 3.62. The van der Waals surface area contributed by atoms with Crippen LogP contribution in [0.25, 0.3) is 0 Å². The smallest absolute Gasteiger partial charge is 0.328 e. The van der Waals surface area contributed by atoms with Gasteiger partial charge in [0.05, 0.1) is 0 Å². The molecular weight excluding hydrogens is 174 g/mol. The first-order valence-electron chi connectivity index (χ1n) is 3.89. The van der Waals surface area contributed by atoms with E-state index in [1.54, 1.807) is 20.8 Å². The lowest BCUT2D eigenvalue weighted by Gasteiger charge is -2.29. The summed E-state index contributed by atoms with van der Waals surface area (Å²) in [5.74, 6) is -1.15. The van der Waals surface area contributed by atoms with Gasteiger partial charge in [-0.15, -0.1) is 0 Å². The van der Waals surface area contributed by atoms with Crippen molar-refractivity contribution in [2.45, 2.75) is 39.3 Å². The molecule has 0 aromatic heterocycles. The number of carbonyl (C=O) groups is 1. The van der Waals surface area contributed by atoms with Crippen LogP contribution < -0.4 is 5.11 Å². The van der Waals surface area contributed by atoms with Gasteiger partial charge in [-0.25, -0.2) is 4.79 Å². The summed E-state index contributed by atoms with van der Waals surface area (Å²) in [6.07, 6.45) is -0.845. The third-order valence-electron chi connectivity index (χ3n) is 1.05. The van der Waals surface area contributed by atoms with Gasteiger partial charge in [0.2, 0.25) is 0 Å². The molecule has 1 N–H and O–H groups in total. The first kappa shape index (κ1) is 11.7. The monoisotopic (exact) mass is 188 g/mol. The van der Waals surface area contributed by atoms with E-state index in [0.717, 1.165) is 0 Å². The first-order chi connectivity index (χ1) is 5.72. The lowest BCUT2D eigenvalue weighted by molar-refractivity contribution is -0.261. The number of rotatable bonds is 2. The summed E-state index contributed by atoms with van der Waals surface area (Å²) >= 11 is 0. The summed E-state index contributed by atoms with van der Waals surface area (Å²) < 4.78 is 4.79. The number of ether oxygens (including phenoxy) is 1. The fourth-order valence-electron chi connectivity index (χ4n) is 0.502. The number of nitrogens with zero attached hydrogens (tertiary/aromatic N) is 1. The summed E-state index contributed by atoms with van der Waals surface area (Å²) in [5, 5.41) is 19.3. The van der Waals surface area contributed by atoms with Crippen molar-refractivity contribution in [2.24, 2.45) is 4.99 Å². The van der Waals surface area contributed by atoms with Gasteiger partial charge in [-0.3, -0.25) is 4.99 Å². The highest BCUT2D eigenvalue weighted by Gasteiger charge is 2.10. The number of carboxylic acids is 1. The molecule has 0 unspecified atom stereocenters. The van der Waals surface area contributed by atoms with Crippen LogP contribution in [0, 0.1) is 0 Å². The molecule has 0 amide bonds. The Morgan fingerprint density at radius 2 is 2.00 bits per heavy atom. The Kier molecular flexibility index (Phi) is 3.71. The molecule has 13 heavy (non-hydrogen) atoms. The van der Waals surface area contributed by atoms with E-state index in [0.29, 0.717) is 0 Å². The van der Waals surface area contributed by atoms with Crippen LogP contribution >= 0.6 is 0 Å². The van der Waals surface area contributed by atoms with Crippen molar-refractivity contribution < 1.29 is 19.7 Å². The molecule has 0 spiro atoms. The molecular formula is C8H14NO4-. The molecule has 0 saturated heterocycles. The van der Waals surface area contributed by atoms with Crippen molar-refractivity contribution >= 4 is 12.1 Å². The number of hydrogen-bond donors (Lipinski definition) is 1. The van der Waals surface area contributed by atoms with Gasteiger partial charge in [0.15, 0.2) is 0 Å². The quantitative estimate of drug-likeness (QED) is 0.488. The molecule has 5 heteroatoms. The summed E-state index contributed by atoms with van der Waals surface area (Å²) in [6.45, 7) is 6.37. The van der Waals surface area contributed by atoms with Crippen LogP contribution in [0.1, 0.15) is 27.7 Å². The molecule has 0 aromatic rings. The topological polar surface area (TPSA) is 82.0 Å². The fraction of sp³-hybridized carbons (Fsp3) is 0.750. The molecule has 0 rings (SSSR count). The van der Waals surface area contributed by atoms with Crippen LogP contribution in [-0.2, 0) is 9.53 Å². The van der Waals surface area contributed by atoms with Crippen molar-refractivity contribution in [2.75, 3.05) is 0 Å². The summed E-state index contributed by atoms with van der Waals surface area (Å²) in [6, 6.07) is -1.06. The van der Waals surface area contributed by atoms with E-state index < -0.39 is 23.7 Å². The Labute approximate surface area is 77.1 Å². The van der Waals surface area contributed by atoms with E-state index in [1.165, 1.54) is 6.92 Å². The largest absolute Gasteiger partial charge is 0.595 e. The third kappa shape index (κ3) is 5.95. The summed E-state index contributed by atoms with van der Waals surface area (Å²) in [5.41, 5.74) is -0.640. The molecule has 0 aromatic carbocycles. The Bertz CT molecular complexity index is 217. The van der Waals surface area contributed by atoms with Crippen molar-refractivity contribution in [3.05, 3.63) is 0 Å². The highest BCUT2D eigenvalue weighted by molar-refractivity contribution is 5.76. The van der Waals surface area contributed by atoms with Crippen molar-refractivity contribution in [3.63, 3.8) is 0 Å². The normalized spacial score (nSPS) is 15.2. The number of aliphatic imine (C=N–C) groups is 1. The molecule has 0 radical (unpaired) electrons. The predicted molar refractivity (Wildman–Crippen MR) is 45.4 cm³/mol. The zero-order valence-electron chi connectivity index (χ0n) is 8.20. The van der Waals surface area contributed by atoms with Gasteiger partial charge in [-0.1, -0.05) is 20.8 Å². The molecule has 1 atom stereocenters. The van der Waals surface area contributed by atoms with E-state index in [-0.39, 0.29) is 0 Å². The van der Waals surface area contributed by atoms with Crippen LogP contribution in [0.15, 0.2) is 4.99 Å². The lowest BCUT2D eigenvalue weighted by atomic mass is 10.2. The number of hydrogen-bond acceptors (Lipinski definition) is 4. The maximum absolute atomic E-state index is 10.9. The minimum atomic E-state index is -1.15. The zero-order valence-corrected chi connectivity index (χ0v) is 8.20. The van der Waals surface area contributed by atoms with Crippen molar-refractivity contribution in [1.82, 2.24) is 0 Å². The Morgan fingerprint density at radius 1 is 1.54 bits per heavy atom. The van der Waals surface area contributed by atoms with Gasteiger partial charge >= 0.3 is 5.97 Å². The minimum Gasteiger partial charge on any atom is -0.595 e. The highest BCUT2D eigenvalue weighted by atomic mass is 16.6. The van der Waals surface area contributed by atoms with Crippen molar-refractivity contribution in [3.8, 4) is 0 Å². The molecule has 0 heterocycles. The van der Waals surface area contributed by atoms with Gasteiger partial charge in [-0.2, -0.15) is 0 Å². The van der Waals surface area contributed by atoms with E-state index in [1.807, 2.05) is 0 Å². The Balaban J connectivity index is 4.25. The second kappa shape index (κ2) is 4.11. The SMILES string of the molecule is C[C@@H](N=C([O-])OC(C)(C)C)C(=O)O. The lowest BCUT2D eigenvalue weighted by Crippen LogP contribution is -2.33. The van der Waals surface area contributed by atoms with E-state index in [2.05, 4.69) is 4.99 Å². The third-order valence-corrected chi connectivity index (χ3v) is 1.05. The predicted octanol–water partition coefficient (Wildman–Crippen LogP) is -0.00910. The second-order valence-corrected chi connectivity index (χ2v) is 3.62. The van der Waals surface area contributed by atoms with Crippen LogP contribution in [0.3, 0.4) is 0 Å². The van der Waals surface area contributed by atoms with E-state index in [9.17, 15) is 9.90 Å². The number of carboxylic acid groups (broad SMARTS) is 1. The van der Waals surface area contributed by atoms with Gasteiger partial charge in [0.25, 0.3) is 0 Å². The van der Waals surface area contributed by atoms with Gasteiger partial charge in [0, 0.05) is 5.60 Å². The minimum absolute atomic E-state index is 0.640. The summed E-state index contributed by atoms with van der Waals surface area (Å²) in [4.78, 5) is 13.6. The highest BCUT2D eigenvalue weighted by Crippen LogP contribution is 2.06. The Hall–Kier alpha value is -1.26. The average molecular weight is 188 g/mol. The van der Waals surface area contributed by atoms with E-state index >= 15 is 0 Å². The molecule has 76 valence electrons. The Morgan fingerprint density at radius 3 is 2.31 bits per heavy atom. The maximum atomic E-state index is 10.9. The fourth-order valence-corrected chi connectivity index (χ4v) is 0.502. The van der Waals surface area contributed by atoms with Gasteiger partial charge < -0.3 is 14.9 Å². The number of aliphatic carboxylic acids is 1. The van der Waals surface area contributed by atoms with Crippen LogP contribution in [0.2, 0.25) is 0 Å². The van der Waals surface area contributed by atoms with Crippen LogP contribution in [-0.4, -0.2) is 28.8 Å². The average Bonchev–Trinajstić information content (AvgIpc) is 1.81. The summed E-state index contributed by atoms with van der Waals surface area (Å²) in [7, 11) is 0. The molecule has 0 aliphatic carbocycles. The van der Waals surface area contributed by atoms with Crippen LogP contribution in [0.5, 0.6) is 0 Å². The zero-order chi connectivity index (χ0) is 10.6. The van der Waals surface area contributed by atoms with Gasteiger partial charge in [0.1, 0.15) is 12.1 Å². The molecule has 5 nitrogen and oxygen atoms in total. The molecule has 0 fully saturated rings. The van der Waals surface area contributed by atoms with Crippen molar-refractivity contribution in [1.29, 1.82) is 0 Å². The van der Waals surface area contributed by atoms with Crippen LogP contribution in [0.4, 0.5) is 0 Å². The van der Waals surface area contributed by atoms with E-state index in [4.69, 9.17) is 9.84 Å². The molecule has 0 aliphatic rings. The molecule has 0 saturated carbocycles. The standard InChI is InChI=1S/C8H15NO4/c1-5(6(10)11)9-7(12)13-8(2,3)4/h5H,1-4H3,(H,9,12)(H,10,11)/p-1/t5-/m1/s1. The first-order valence-corrected chi connectivity index (χ1v) is 3.89. The molecule has 0 bridgehead atoms. The maximum Gasteiger partial charge on any atom is 0.328 e. The van der Waals surface area contributed by atoms with Gasteiger partial charge in [-0.05, 0) is 6.92 Å². The molecule has 0 aliphatic heterocycles.